The maximum Gasteiger partial charge on any atom is 0.573 e. The predicted octanol–water partition coefficient (Wildman–Crippen LogP) is 3.76. The lowest BCUT2D eigenvalue weighted by Gasteiger charge is -2.11. The summed E-state index contributed by atoms with van der Waals surface area (Å²) in [6.07, 6.45) is -4.79. The summed E-state index contributed by atoms with van der Waals surface area (Å²) in [6.45, 7) is 2.80. The zero-order valence-corrected chi connectivity index (χ0v) is 15.1. The summed E-state index contributed by atoms with van der Waals surface area (Å²) < 4.78 is 50.2. The van der Waals surface area contributed by atoms with Crippen LogP contribution in [-0.4, -0.2) is 31.5 Å². The fourth-order valence-corrected chi connectivity index (χ4v) is 2.12. The van der Waals surface area contributed by atoms with Crippen molar-refractivity contribution in [1.82, 2.24) is 0 Å². The van der Waals surface area contributed by atoms with E-state index < -0.39 is 30.6 Å². The highest BCUT2D eigenvalue weighted by molar-refractivity contribution is 5.92. The van der Waals surface area contributed by atoms with Crippen LogP contribution in [0.1, 0.15) is 11.1 Å². The van der Waals surface area contributed by atoms with Crippen molar-refractivity contribution in [2.45, 2.75) is 20.2 Å². The maximum absolute atomic E-state index is 12.1. The Hall–Kier alpha value is -3.23. The first kappa shape index (κ1) is 21.1. The van der Waals surface area contributed by atoms with Crippen LogP contribution < -0.4 is 14.8 Å². The van der Waals surface area contributed by atoms with Crippen molar-refractivity contribution in [3.05, 3.63) is 53.6 Å². The number of aryl methyl sites for hydroxylation is 2. The number of esters is 1. The Labute approximate surface area is 159 Å². The molecule has 1 N–H and O–H groups in total. The predicted molar refractivity (Wildman–Crippen MR) is 94.1 cm³/mol. The number of hydrogen-bond donors (Lipinski definition) is 1. The van der Waals surface area contributed by atoms with E-state index in [-0.39, 0.29) is 12.3 Å². The molecule has 2 aromatic rings. The largest absolute Gasteiger partial charge is 0.573 e. The molecule has 0 fully saturated rings. The lowest BCUT2D eigenvalue weighted by atomic mass is 10.1. The summed E-state index contributed by atoms with van der Waals surface area (Å²) in [6, 6.07) is 10.1. The fraction of sp³-hybridized carbons (Fsp3) is 0.263. The van der Waals surface area contributed by atoms with Crippen molar-refractivity contribution in [1.29, 1.82) is 0 Å². The fourth-order valence-electron chi connectivity index (χ4n) is 2.12. The number of ether oxygens (including phenoxy) is 3. The van der Waals surface area contributed by atoms with Gasteiger partial charge in [-0.2, -0.15) is 0 Å². The normalized spacial score (nSPS) is 10.9. The molecule has 28 heavy (non-hydrogen) atoms. The van der Waals surface area contributed by atoms with Gasteiger partial charge in [0, 0.05) is 5.69 Å². The average molecular weight is 397 g/mol. The van der Waals surface area contributed by atoms with Crippen LogP contribution >= 0.6 is 0 Å². The number of carbonyl (C=O) groups is 2. The second-order valence-corrected chi connectivity index (χ2v) is 5.84. The summed E-state index contributed by atoms with van der Waals surface area (Å²) in [5.74, 6) is -1.25. The number of carbonyl (C=O) groups excluding carboxylic acids is 2. The molecule has 0 aliphatic carbocycles. The van der Waals surface area contributed by atoms with Gasteiger partial charge in [-0.3, -0.25) is 4.79 Å². The van der Waals surface area contributed by atoms with Gasteiger partial charge in [0.15, 0.2) is 13.2 Å². The molecule has 6 nitrogen and oxygen atoms in total. The van der Waals surface area contributed by atoms with Gasteiger partial charge in [0.25, 0.3) is 5.91 Å². The second kappa shape index (κ2) is 9.12. The molecule has 0 unspecified atom stereocenters. The van der Waals surface area contributed by atoms with Crippen LogP contribution in [0.5, 0.6) is 11.5 Å². The van der Waals surface area contributed by atoms with Gasteiger partial charge in [0.1, 0.15) is 11.5 Å². The minimum atomic E-state index is -4.79. The van der Waals surface area contributed by atoms with E-state index in [9.17, 15) is 22.8 Å². The van der Waals surface area contributed by atoms with Crippen molar-refractivity contribution in [3.8, 4) is 11.5 Å². The summed E-state index contributed by atoms with van der Waals surface area (Å²) in [5.41, 5.74) is 2.05. The highest BCUT2D eigenvalue weighted by Gasteiger charge is 2.30. The number of rotatable bonds is 7. The zero-order chi connectivity index (χ0) is 20.7. The number of halogens is 3. The summed E-state index contributed by atoms with van der Waals surface area (Å²) in [7, 11) is 0. The van der Waals surface area contributed by atoms with Crippen LogP contribution in [0, 0.1) is 13.8 Å². The first-order valence-corrected chi connectivity index (χ1v) is 8.14. The maximum atomic E-state index is 12.1. The van der Waals surface area contributed by atoms with Crippen molar-refractivity contribution in [2.24, 2.45) is 0 Å². The number of anilines is 1. The summed E-state index contributed by atoms with van der Waals surface area (Å²) in [5, 5.41) is 2.38. The molecule has 0 aliphatic rings. The Kier molecular flexibility index (Phi) is 6.86. The Morgan fingerprint density at radius 2 is 1.68 bits per heavy atom. The topological polar surface area (TPSA) is 73.9 Å². The standard InChI is InChI=1S/C19H18F3NO5/c1-12-3-4-13(2)16(9-12)26-11-18(25)27-10-17(24)23-14-5-7-15(8-6-14)28-19(20,21)22/h3-9H,10-11H2,1-2H3,(H,23,24). The van der Waals surface area contributed by atoms with E-state index in [1.807, 2.05) is 26.0 Å². The SMILES string of the molecule is Cc1ccc(C)c(OCC(=O)OCC(=O)Nc2ccc(OC(F)(F)F)cc2)c1. The van der Waals surface area contributed by atoms with Crippen LogP contribution in [0.25, 0.3) is 0 Å². The van der Waals surface area contributed by atoms with E-state index in [0.717, 1.165) is 23.3 Å². The number of hydrogen-bond acceptors (Lipinski definition) is 5. The Morgan fingerprint density at radius 1 is 1.00 bits per heavy atom. The van der Waals surface area contributed by atoms with Gasteiger partial charge in [0.2, 0.25) is 0 Å². The van der Waals surface area contributed by atoms with Crippen LogP contribution in [0.3, 0.4) is 0 Å². The number of nitrogens with one attached hydrogen (secondary N) is 1. The molecule has 0 atom stereocenters. The quantitative estimate of drug-likeness (QED) is 0.720. The van der Waals surface area contributed by atoms with Crippen molar-refractivity contribution in [2.75, 3.05) is 18.5 Å². The van der Waals surface area contributed by atoms with Gasteiger partial charge >= 0.3 is 12.3 Å². The zero-order valence-electron chi connectivity index (χ0n) is 15.1. The van der Waals surface area contributed by atoms with Gasteiger partial charge in [0.05, 0.1) is 0 Å². The molecular formula is C19H18F3NO5. The van der Waals surface area contributed by atoms with Gasteiger partial charge < -0.3 is 19.5 Å². The summed E-state index contributed by atoms with van der Waals surface area (Å²) in [4.78, 5) is 23.5. The number of alkyl halides is 3. The Balaban J connectivity index is 1.75. The first-order valence-electron chi connectivity index (χ1n) is 8.14. The minimum Gasteiger partial charge on any atom is -0.482 e. The van der Waals surface area contributed by atoms with Crippen LogP contribution in [0.2, 0.25) is 0 Å². The lowest BCUT2D eigenvalue weighted by Crippen LogP contribution is -2.23. The first-order chi connectivity index (χ1) is 13.1. The Morgan fingerprint density at radius 3 is 2.32 bits per heavy atom. The van der Waals surface area contributed by atoms with E-state index in [4.69, 9.17) is 9.47 Å². The van der Waals surface area contributed by atoms with Gasteiger partial charge in [-0.15, -0.1) is 13.2 Å². The molecule has 0 saturated heterocycles. The molecule has 0 bridgehead atoms. The van der Waals surface area contributed by atoms with Crippen molar-refractivity contribution in [3.63, 3.8) is 0 Å². The Bertz CT molecular complexity index is 834. The smallest absolute Gasteiger partial charge is 0.482 e. The molecule has 0 heterocycles. The van der Waals surface area contributed by atoms with E-state index in [1.54, 1.807) is 6.07 Å². The highest BCUT2D eigenvalue weighted by atomic mass is 19.4. The molecule has 0 saturated carbocycles. The molecule has 0 aliphatic heterocycles. The number of benzene rings is 2. The number of amides is 1. The highest BCUT2D eigenvalue weighted by Crippen LogP contribution is 2.24. The third-order valence-corrected chi connectivity index (χ3v) is 3.43. The second-order valence-electron chi connectivity index (χ2n) is 5.84. The van der Waals surface area contributed by atoms with E-state index in [2.05, 4.69) is 10.1 Å². The third kappa shape index (κ3) is 7.18. The molecule has 1 amide bonds. The van der Waals surface area contributed by atoms with Crippen molar-refractivity contribution < 1.29 is 37.0 Å². The average Bonchev–Trinajstić information content (AvgIpc) is 2.61. The molecule has 9 heteroatoms. The van der Waals surface area contributed by atoms with Gasteiger partial charge in [-0.05, 0) is 55.3 Å². The van der Waals surface area contributed by atoms with Crippen LogP contribution in [-0.2, 0) is 14.3 Å². The molecular weight excluding hydrogens is 379 g/mol. The monoisotopic (exact) mass is 397 g/mol. The molecule has 0 aromatic heterocycles. The van der Waals surface area contributed by atoms with E-state index in [1.165, 1.54) is 12.1 Å². The summed E-state index contributed by atoms with van der Waals surface area (Å²) >= 11 is 0. The van der Waals surface area contributed by atoms with Crippen LogP contribution in [0.4, 0.5) is 18.9 Å². The van der Waals surface area contributed by atoms with E-state index in [0.29, 0.717) is 5.75 Å². The molecule has 0 radical (unpaired) electrons. The van der Waals surface area contributed by atoms with Crippen LogP contribution in [0.15, 0.2) is 42.5 Å². The van der Waals surface area contributed by atoms with Crippen molar-refractivity contribution >= 4 is 17.6 Å². The van der Waals surface area contributed by atoms with Gasteiger partial charge in [-0.1, -0.05) is 12.1 Å². The molecule has 0 spiro atoms. The third-order valence-electron chi connectivity index (χ3n) is 3.43. The van der Waals surface area contributed by atoms with E-state index >= 15 is 0 Å². The minimum absolute atomic E-state index is 0.224. The molecule has 2 rings (SSSR count). The van der Waals surface area contributed by atoms with Gasteiger partial charge in [-0.25, -0.2) is 4.79 Å². The molecule has 2 aromatic carbocycles. The lowest BCUT2D eigenvalue weighted by molar-refractivity contribution is -0.274. The molecule has 150 valence electrons.